The SMILES string of the molecule is N#Cc1cccc(Cn2ccn3nccc3c2=O)c1. The lowest BCUT2D eigenvalue weighted by Crippen LogP contribution is -2.21. The van der Waals surface area contributed by atoms with Crippen LogP contribution in [0.4, 0.5) is 0 Å². The summed E-state index contributed by atoms with van der Waals surface area (Å²) in [6.45, 7) is 0.441. The average molecular weight is 250 g/mol. The number of hydrogen-bond donors (Lipinski definition) is 0. The van der Waals surface area contributed by atoms with Crippen LogP contribution in [0.3, 0.4) is 0 Å². The number of fused-ring (bicyclic) bond motifs is 1. The molecule has 0 saturated heterocycles. The molecule has 0 aliphatic heterocycles. The van der Waals surface area contributed by atoms with Crippen LogP contribution in [0.15, 0.2) is 53.7 Å². The number of aromatic nitrogens is 3. The normalized spacial score (nSPS) is 10.5. The van der Waals surface area contributed by atoms with Crippen LogP contribution < -0.4 is 5.56 Å². The van der Waals surface area contributed by atoms with Crippen molar-refractivity contribution >= 4 is 5.52 Å². The van der Waals surface area contributed by atoms with Crippen LogP contribution >= 0.6 is 0 Å². The van der Waals surface area contributed by atoms with Gasteiger partial charge in [0.25, 0.3) is 5.56 Å². The minimum absolute atomic E-state index is 0.0950. The van der Waals surface area contributed by atoms with E-state index in [0.717, 1.165) is 5.56 Å². The highest BCUT2D eigenvalue weighted by Gasteiger charge is 2.04. The Morgan fingerprint density at radius 1 is 1.26 bits per heavy atom. The van der Waals surface area contributed by atoms with Crippen LogP contribution in [0.1, 0.15) is 11.1 Å². The molecule has 19 heavy (non-hydrogen) atoms. The van der Waals surface area contributed by atoms with Gasteiger partial charge in [0.1, 0.15) is 5.52 Å². The largest absolute Gasteiger partial charge is 0.308 e. The van der Waals surface area contributed by atoms with Crippen molar-refractivity contribution in [3.8, 4) is 6.07 Å². The summed E-state index contributed by atoms with van der Waals surface area (Å²) in [6.07, 6.45) is 5.03. The second-order valence-corrected chi connectivity index (χ2v) is 4.20. The van der Waals surface area contributed by atoms with Crippen LogP contribution in [-0.4, -0.2) is 14.2 Å². The molecule has 5 heteroatoms. The van der Waals surface area contributed by atoms with Gasteiger partial charge < -0.3 is 4.57 Å². The van der Waals surface area contributed by atoms with Crippen LogP contribution in [0.25, 0.3) is 5.52 Å². The Hall–Kier alpha value is -2.87. The molecular weight excluding hydrogens is 240 g/mol. The molecule has 3 rings (SSSR count). The van der Waals surface area contributed by atoms with E-state index in [1.807, 2.05) is 12.1 Å². The molecule has 0 N–H and O–H groups in total. The number of hydrogen-bond acceptors (Lipinski definition) is 3. The zero-order valence-corrected chi connectivity index (χ0v) is 10.0. The molecule has 0 fully saturated rings. The molecule has 0 radical (unpaired) electrons. The Morgan fingerprint density at radius 2 is 2.16 bits per heavy atom. The summed E-state index contributed by atoms with van der Waals surface area (Å²) in [5.74, 6) is 0. The first kappa shape index (κ1) is 11.2. The predicted octanol–water partition coefficient (Wildman–Crippen LogP) is 1.42. The fourth-order valence-corrected chi connectivity index (χ4v) is 2.02. The topological polar surface area (TPSA) is 63.1 Å². The summed E-state index contributed by atoms with van der Waals surface area (Å²) in [6, 6.07) is 11.0. The van der Waals surface area contributed by atoms with Crippen molar-refractivity contribution in [3.05, 3.63) is 70.4 Å². The highest BCUT2D eigenvalue weighted by molar-refractivity contribution is 5.42. The molecule has 2 heterocycles. The molecule has 1 aromatic carbocycles. The first-order valence-corrected chi connectivity index (χ1v) is 5.80. The van der Waals surface area contributed by atoms with E-state index >= 15 is 0 Å². The van der Waals surface area contributed by atoms with E-state index < -0.39 is 0 Å². The maximum absolute atomic E-state index is 12.2. The molecule has 0 amide bonds. The van der Waals surface area contributed by atoms with Gasteiger partial charge in [-0.2, -0.15) is 10.4 Å². The van der Waals surface area contributed by atoms with Crippen molar-refractivity contribution < 1.29 is 0 Å². The monoisotopic (exact) mass is 250 g/mol. The Morgan fingerprint density at radius 3 is 3.00 bits per heavy atom. The van der Waals surface area contributed by atoms with Crippen molar-refractivity contribution in [2.75, 3.05) is 0 Å². The van der Waals surface area contributed by atoms with Crippen molar-refractivity contribution in [2.45, 2.75) is 6.54 Å². The average Bonchev–Trinajstić information content (AvgIpc) is 2.91. The summed E-state index contributed by atoms with van der Waals surface area (Å²) >= 11 is 0. The molecule has 0 atom stereocenters. The van der Waals surface area contributed by atoms with E-state index in [2.05, 4.69) is 11.2 Å². The van der Waals surface area contributed by atoms with Crippen LogP contribution in [0.2, 0.25) is 0 Å². The smallest absolute Gasteiger partial charge is 0.276 e. The third-order valence-electron chi connectivity index (χ3n) is 2.95. The van der Waals surface area contributed by atoms with E-state index in [9.17, 15) is 4.79 Å². The third kappa shape index (κ3) is 2.00. The Bertz CT molecular complexity index is 838. The number of benzene rings is 1. The maximum Gasteiger partial charge on any atom is 0.276 e. The predicted molar refractivity (Wildman–Crippen MR) is 69.7 cm³/mol. The quantitative estimate of drug-likeness (QED) is 0.691. The van der Waals surface area contributed by atoms with Gasteiger partial charge >= 0.3 is 0 Å². The second-order valence-electron chi connectivity index (χ2n) is 4.20. The summed E-state index contributed by atoms with van der Waals surface area (Å²) in [5, 5.41) is 12.9. The molecule has 3 aromatic rings. The Balaban J connectivity index is 2.03. The molecule has 2 aromatic heterocycles. The van der Waals surface area contributed by atoms with Gasteiger partial charge in [0.05, 0.1) is 24.4 Å². The van der Waals surface area contributed by atoms with Crippen molar-refractivity contribution in [3.63, 3.8) is 0 Å². The van der Waals surface area contributed by atoms with Gasteiger partial charge in [-0.05, 0) is 23.8 Å². The summed E-state index contributed by atoms with van der Waals surface area (Å²) in [5.41, 5.74) is 1.96. The standard InChI is InChI=1S/C14H10N4O/c15-9-11-2-1-3-12(8-11)10-17-6-7-18-13(14(17)19)4-5-16-18/h1-8H,10H2. The van der Waals surface area contributed by atoms with Crippen molar-refractivity contribution in [1.82, 2.24) is 14.2 Å². The third-order valence-corrected chi connectivity index (χ3v) is 2.95. The molecule has 5 nitrogen and oxygen atoms in total. The van der Waals surface area contributed by atoms with Crippen LogP contribution in [-0.2, 0) is 6.54 Å². The van der Waals surface area contributed by atoms with E-state index in [4.69, 9.17) is 5.26 Å². The van der Waals surface area contributed by atoms with Gasteiger partial charge in [-0.1, -0.05) is 12.1 Å². The first-order valence-electron chi connectivity index (χ1n) is 5.80. The summed E-state index contributed by atoms with van der Waals surface area (Å²) < 4.78 is 3.15. The lowest BCUT2D eigenvalue weighted by Gasteiger charge is -2.06. The van der Waals surface area contributed by atoms with E-state index in [-0.39, 0.29) is 5.56 Å². The zero-order chi connectivity index (χ0) is 13.2. The molecular formula is C14H10N4O. The van der Waals surface area contributed by atoms with Crippen LogP contribution in [0, 0.1) is 11.3 Å². The second kappa shape index (κ2) is 4.42. The Kier molecular flexibility index (Phi) is 2.62. The van der Waals surface area contributed by atoms with Gasteiger partial charge in [0.2, 0.25) is 0 Å². The fourth-order valence-electron chi connectivity index (χ4n) is 2.02. The lowest BCUT2D eigenvalue weighted by molar-refractivity contribution is 0.743. The summed E-state index contributed by atoms with van der Waals surface area (Å²) in [4.78, 5) is 12.2. The molecule has 0 bridgehead atoms. The molecule has 0 spiro atoms. The maximum atomic E-state index is 12.2. The van der Waals surface area contributed by atoms with Gasteiger partial charge in [-0.25, -0.2) is 4.52 Å². The van der Waals surface area contributed by atoms with Gasteiger partial charge in [0, 0.05) is 12.4 Å². The lowest BCUT2D eigenvalue weighted by atomic mass is 10.1. The van der Waals surface area contributed by atoms with Crippen molar-refractivity contribution in [2.24, 2.45) is 0 Å². The zero-order valence-electron chi connectivity index (χ0n) is 10.0. The molecule has 0 saturated carbocycles. The number of rotatable bonds is 2. The number of nitriles is 1. The molecule has 0 aliphatic rings. The van der Waals surface area contributed by atoms with E-state index in [1.165, 1.54) is 0 Å². The van der Waals surface area contributed by atoms with Gasteiger partial charge in [-0.15, -0.1) is 0 Å². The Labute approximate surface area is 109 Å². The highest BCUT2D eigenvalue weighted by Crippen LogP contribution is 2.06. The molecule has 0 unspecified atom stereocenters. The van der Waals surface area contributed by atoms with Gasteiger partial charge in [0.15, 0.2) is 0 Å². The summed E-state index contributed by atoms with van der Waals surface area (Å²) in [7, 11) is 0. The van der Waals surface area contributed by atoms with Crippen LogP contribution in [0.5, 0.6) is 0 Å². The molecule has 0 aliphatic carbocycles. The van der Waals surface area contributed by atoms with E-state index in [1.54, 1.807) is 45.9 Å². The fraction of sp³-hybridized carbons (Fsp3) is 0.0714. The first-order chi connectivity index (χ1) is 9.28. The van der Waals surface area contributed by atoms with Crippen molar-refractivity contribution in [1.29, 1.82) is 5.26 Å². The van der Waals surface area contributed by atoms with Gasteiger partial charge in [-0.3, -0.25) is 4.79 Å². The minimum atomic E-state index is -0.0950. The minimum Gasteiger partial charge on any atom is -0.308 e. The molecule has 92 valence electrons. The number of nitrogens with zero attached hydrogens (tertiary/aromatic N) is 4. The highest BCUT2D eigenvalue weighted by atomic mass is 16.1. The van der Waals surface area contributed by atoms with E-state index in [0.29, 0.717) is 17.6 Å².